The average Bonchev–Trinajstić information content (AvgIpc) is 3.66. The highest BCUT2D eigenvalue weighted by Crippen LogP contribution is 2.66. The van der Waals surface area contributed by atoms with Gasteiger partial charge in [0, 0.05) is 74.2 Å². The Hall–Kier alpha value is -7.61. The lowest BCUT2D eigenvalue weighted by Crippen LogP contribution is -2.43. The van der Waals surface area contributed by atoms with Crippen LogP contribution in [-0.2, 0) is 5.41 Å². The van der Waals surface area contributed by atoms with Crippen LogP contribution in [0.1, 0.15) is 16.7 Å². The van der Waals surface area contributed by atoms with Crippen LogP contribution >= 0.6 is 11.8 Å². The minimum atomic E-state index is -0.528. The van der Waals surface area contributed by atoms with Crippen LogP contribution in [0.15, 0.2) is 212 Å². The second kappa shape index (κ2) is 14.8. The topological polar surface area (TPSA) is 77.3 Å². The number of hydrogen-bond donors (Lipinski definition) is 0. The van der Waals surface area contributed by atoms with Crippen molar-refractivity contribution >= 4 is 11.8 Å². The Labute approximate surface area is 363 Å². The molecule has 0 saturated carbocycles. The Bertz CT molecular complexity index is 3170. The molecular weight excluding hydrogens is 777 g/mol. The Morgan fingerprint density at radius 2 is 1.00 bits per heavy atom. The number of allylic oxidation sites excluding steroid dienone is 3. The molecule has 3 atom stereocenters. The van der Waals surface area contributed by atoms with E-state index in [1.54, 1.807) is 6.20 Å². The van der Waals surface area contributed by atoms with Crippen molar-refractivity contribution in [2.24, 2.45) is 5.92 Å². The van der Waals surface area contributed by atoms with Gasteiger partial charge in [-0.1, -0.05) is 140 Å². The van der Waals surface area contributed by atoms with E-state index in [0.29, 0.717) is 17.5 Å². The van der Waals surface area contributed by atoms with Gasteiger partial charge in [0.25, 0.3) is 0 Å². The molecule has 1 spiro atoms. The average molecular weight is 813 g/mol. The molecule has 292 valence electrons. The zero-order chi connectivity index (χ0) is 41.0. The normalized spacial score (nSPS) is 17.9. The van der Waals surface area contributed by atoms with Crippen molar-refractivity contribution in [1.29, 1.82) is 0 Å². The van der Waals surface area contributed by atoms with E-state index in [1.807, 2.05) is 78.9 Å². The van der Waals surface area contributed by atoms with Gasteiger partial charge in [0.2, 0.25) is 0 Å². The molecule has 3 unspecified atom stereocenters. The largest absolute Gasteiger partial charge is 0.264 e. The van der Waals surface area contributed by atoms with Gasteiger partial charge in [-0.3, -0.25) is 9.97 Å². The maximum Gasteiger partial charge on any atom is 0.164 e. The predicted octanol–water partition coefficient (Wildman–Crippen LogP) is 12.6. The number of pyridine rings is 3. The van der Waals surface area contributed by atoms with Crippen LogP contribution in [0.5, 0.6) is 0 Å². The first-order chi connectivity index (χ1) is 30.8. The van der Waals surface area contributed by atoms with E-state index in [0.717, 1.165) is 61.5 Å². The van der Waals surface area contributed by atoms with Crippen LogP contribution in [0.4, 0.5) is 0 Å². The van der Waals surface area contributed by atoms with Crippen LogP contribution in [0.2, 0.25) is 0 Å². The third kappa shape index (κ3) is 5.73. The van der Waals surface area contributed by atoms with Crippen molar-refractivity contribution in [3.05, 3.63) is 224 Å². The minimum absolute atomic E-state index is 0.125. The van der Waals surface area contributed by atoms with Gasteiger partial charge < -0.3 is 0 Å². The second-order valence-corrected chi connectivity index (χ2v) is 17.0. The molecule has 0 N–H and O–H groups in total. The van der Waals surface area contributed by atoms with E-state index in [-0.39, 0.29) is 11.2 Å². The van der Waals surface area contributed by atoms with E-state index in [1.165, 1.54) is 21.6 Å². The lowest BCUT2D eigenvalue weighted by Gasteiger charge is -2.47. The monoisotopic (exact) mass is 812 g/mol. The summed E-state index contributed by atoms with van der Waals surface area (Å²) in [4.78, 5) is 31.5. The molecule has 62 heavy (non-hydrogen) atoms. The number of rotatable bonds is 6. The molecule has 4 aromatic heterocycles. The van der Waals surface area contributed by atoms with Crippen molar-refractivity contribution in [1.82, 2.24) is 29.9 Å². The first-order valence-electron chi connectivity index (χ1n) is 20.8. The molecular formula is C55H36N6S. The molecule has 6 nitrogen and oxygen atoms in total. The third-order valence-electron chi connectivity index (χ3n) is 12.4. The van der Waals surface area contributed by atoms with Crippen molar-refractivity contribution in [3.63, 3.8) is 0 Å². The zero-order valence-electron chi connectivity index (χ0n) is 33.4. The molecule has 0 bridgehead atoms. The maximum absolute atomic E-state index is 5.41. The summed E-state index contributed by atoms with van der Waals surface area (Å²) in [6.45, 7) is 0. The van der Waals surface area contributed by atoms with Crippen molar-refractivity contribution in [3.8, 4) is 78.9 Å². The van der Waals surface area contributed by atoms with Gasteiger partial charge in [-0.15, -0.1) is 11.8 Å². The number of aromatic nitrogens is 6. The van der Waals surface area contributed by atoms with Gasteiger partial charge in [-0.25, -0.2) is 19.9 Å². The second-order valence-electron chi connectivity index (χ2n) is 15.8. The molecule has 0 radical (unpaired) electrons. The lowest BCUT2D eigenvalue weighted by molar-refractivity contribution is 0.449. The quantitative estimate of drug-likeness (QED) is 0.165. The molecule has 0 amide bonds. The fourth-order valence-electron chi connectivity index (χ4n) is 9.82. The van der Waals surface area contributed by atoms with Crippen LogP contribution in [0.25, 0.3) is 78.9 Å². The highest BCUT2D eigenvalue weighted by molar-refractivity contribution is 8.00. The van der Waals surface area contributed by atoms with E-state index in [4.69, 9.17) is 19.9 Å². The summed E-state index contributed by atoms with van der Waals surface area (Å²) in [5, 5.41) is 0.221. The van der Waals surface area contributed by atoms with Crippen molar-refractivity contribution in [2.75, 3.05) is 0 Å². The predicted molar refractivity (Wildman–Crippen MR) is 249 cm³/mol. The first kappa shape index (κ1) is 36.3. The van der Waals surface area contributed by atoms with E-state index in [9.17, 15) is 0 Å². The molecule has 5 aromatic carbocycles. The van der Waals surface area contributed by atoms with Crippen LogP contribution in [0, 0.1) is 5.92 Å². The fraction of sp³-hybridized carbons (Fsp3) is 0.0545. The van der Waals surface area contributed by atoms with Gasteiger partial charge in [0.1, 0.15) is 0 Å². The molecule has 0 saturated heterocycles. The van der Waals surface area contributed by atoms with Gasteiger partial charge in [0.15, 0.2) is 17.5 Å². The van der Waals surface area contributed by atoms with Crippen LogP contribution < -0.4 is 0 Å². The minimum Gasteiger partial charge on any atom is -0.264 e. The Kier molecular flexibility index (Phi) is 8.68. The van der Waals surface area contributed by atoms with E-state index in [2.05, 4.69) is 143 Å². The Morgan fingerprint density at radius 3 is 1.69 bits per heavy atom. The van der Waals surface area contributed by atoms with Gasteiger partial charge in [-0.05, 0) is 75.8 Å². The molecule has 2 aliphatic carbocycles. The summed E-state index contributed by atoms with van der Waals surface area (Å²) in [6.07, 6.45) is 16.6. The van der Waals surface area contributed by atoms with Crippen LogP contribution in [-0.4, -0.2) is 35.2 Å². The highest BCUT2D eigenvalue weighted by atomic mass is 32.2. The Balaban J connectivity index is 1.19. The highest BCUT2D eigenvalue weighted by Gasteiger charge is 2.56. The summed E-state index contributed by atoms with van der Waals surface area (Å²) < 4.78 is 0. The number of thioether (sulfide) groups is 1. The number of benzene rings is 5. The maximum atomic E-state index is 5.41. The summed E-state index contributed by atoms with van der Waals surface area (Å²) in [5.74, 6) is 2.00. The number of hydrogen-bond acceptors (Lipinski definition) is 7. The molecule has 3 aliphatic rings. The van der Waals surface area contributed by atoms with Crippen molar-refractivity contribution in [2.45, 2.75) is 15.6 Å². The standard InChI is InChI=1S/C55H36N6S/c1-3-15-35(16-4-1)52-59-53(36-17-5-2-6-18-36)61-54(60-52)41-22-12-26-45-50(41)49-39(40-29-30-46(37-19-13-31-56-33-37)58-51(40)38-20-14-32-57-34-38)21-11-25-44(49)55(45)42-23-7-9-27-47(42)62-48-28-10-8-24-43(48)55/h1-34,42,47H. The molecule has 7 heteroatoms. The van der Waals surface area contributed by atoms with Crippen LogP contribution in [0.3, 0.4) is 0 Å². The third-order valence-corrected chi connectivity index (χ3v) is 13.7. The number of fused-ring (bicyclic) bond motifs is 9. The zero-order valence-corrected chi connectivity index (χ0v) is 34.2. The van der Waals surface area contributed by atoms with E-state index < -0.39 is 5.41 Å². The van der Waals surface area contributed by atoms with Gasteiger partial charge >= 0.3 is 0 Å². The fourth-order valence-corrected chi connectivity index (χ4v) is 11.2. The summed E-state index contributed by atoms with van der Waals surface area (Å²) in [7, 11) is 0. The van der Waals surface area contributed by atoms with Crippen molar-refractivity contribution < 1.29 is 0 Å². The van der Waals surface area contributed by atoms with Gasteiger partial charge in [-0.2, -0.15) is 0 Å². The number of nitrogens with zero attached hydrogens (tertiary/aromatic N) is 6. The SMILES string of the molecule is C1=CC2Sc3ccccc3C3(c4cccc(-c5nc(-c6ccccc6)nc(-c6ccccc6)n5)c4-c4c(-c5ccc(-c6cccnc6)nc5-c5cccnc5)cccc43)C2C=C1. The molecule has 1 aliphatic heterocycles. The lowest BCUT2D eigenvalue weighted by atomic mass is 9.61. The Morgan fingerprint density at radius 1 is 0.419 bits per heavy atom. The molecule has 0 fully saturated rings. The van der Waals surface area contributed by atoms with Gasteiger partial charge in [0.05, 0.1) is 16.8 Å². The summed E-state index contributed by atoms with van der Waals surface area (Å²) in [6, 6.07) is 55.4. The molecule has 9 aromatic rings. The summed E-state index contributed by atoms with van der Waals surface area (Å²) in [5.41, 5.74) is 14.1. The summed E-state index contributed by atoms with van der Waals surface area (Å²) >= 11 is 1.96. The molecule has 12 rings (SSSR count). The molecule has 5 heterocycles. The first-order valence-corrected chi connectivity index (χ1v) is 21.7. The smallest absolute Gasteiger partial charge is 0.164 e. The van der Waals surface area contributed by atoms with E-state index >= 15 is 0 Å².